The van der Waals surface area contributed by atoms with Crippen LogP contribution in [0.1, 0.15) is 47.0 Å². The van der Waals surface area contributed by atoms with Gasteiger partial charge in [-0.25, -0.2) is 13.1 Å². The van der Waals surface area contributed by atoms with Gasteiger partial charge in [0, 0.05) is 12.6 Å². The normalized spacial score (nSPS) is 14.7. The molecule has 0 heterocycles. The molecule has 0 spiro atoms. The predicted octanol–water partition coefficient (Wildman–Crippen LogP) is 3.61. The van der Waals surface area contributed by atoms with E-state index in [1.807, 2.05) is 19.1 Å². The molecule has 120 valence electrons. The summed E-state index contributed by atoms with van der Waals surface area (Å²) in [5.74, 6) is 0.510. The Bertz CT molecular complexity index is 529. The van der Waals surface area contributed by atoms with Crippen LogP contribution in [0.25, 0.3) is 0 Å². The summed E-state index contributed by atoms with van der Waals surface area (Å²) in [4.78, 5) is 0.328. The van der Waals surface area contributed by atoms with E-state index in [-0.39, 0.29) is 6.04 Å². The second kappa shape index (κ2) is 8.39. The molecule has 21 heavy (non-hydrogen) atoms. The molecule has 1 aromatic carbocycles. The quantitative estimate of drug-likeness (QED) is 0.732. The number of anilines is 1. The van der Waals surface area contributed by atoms with Gasteiger partial charge in [-0.3, -0.25) is 0 Å². The SMILES string of the molecule is CCCNc1ccccc1S(=O)(=O)NC(C)CC(C)CC. The minimum atomic E-state index is -3.49. The van der Waals surface area contributed by atoms with E-state index in [4.69, 9.17) is 0 Å². The molecule has 2 unspecified atom stereocenters. The summed E-state index contributed by atoms with van der Waals surface area (Å²) < 4.78 is 27.9. The van der Waals surface area contributed by atoms with Gasteiger partial charge in [-0.05, 0) is 37.8 Å². The largest absolute Gasteiger partial charge is 0.384 e. The van der Waals surface area contributed by atoms with Gasteiger partial charge in [-0.1, -0.05) is 39.3 Å². The van der Waals surface area contributed by atoms with Crippen LogP contribution in [0.5, 0.6) is 0 Å². The Labute approximate surface area is 129 Å². The third kappa shape index (κ3) is 5.67. The average molecular weight is 312 g/mol. The first kappa shape index (κ1) is 18.0. The van der Waals surface area contributed by atoms with Crippen LogP contribution >= 0.6 is 0 Å². The summed E-state index contributed by atoms with van der Waals surface area (Å²) >= 11 is 0. The van der Waals surface area contributed by atoms with E-state index in [0.717, 1.165) is 25.8 Å². The molecule has 0 aliphatic rings. The van der Waals surface area contributed by atoms with Gasteiger partial charge in [0.2, 0.25) is 10.0 Å². The van der Waals surface area contributed by atoms with Crippen LogP contribution in [0.2, 0.25) is 0 Å². The summed E-state index contributed by atoms with van der Waals surface area (Å²) in [6.07, 6.45) is 2.85. The molecule has 0 aromatic heterocycles. The fourth-order valence-corrected chi connectivity index (χ4v) is 3.69. The zero-order valence-electron chi connectivity index (χ0n) is 13.5. The Hall–Kier alpha value is -1.07. The van der Waals surface area contributed by atoms with Crippen LogP contribution in [-0.2, 0) is 10.0 Å². The van der Waals surface area contributed by atoms with Crippen molar-refractivity contribution >= 4 is 15.7 Å². The van der Waals surface area contributed by atoms with Crippen molar-refractivity contribution in [3.05, 3.63) is 24.3 Å². The highest BCUT2D eigenvalue weighted by molar-refractivity contribution is 7.89. The topological polar surface area (TPSA) is 58.2 Å². The lowest BCUT2D eigenvalue weighted by Gasteiger charge is -2.19. The van der Waals surface area contributed by atoms with Gasteiger partial charge < -0.3 is 5.32 Å². The lowest BCUT2D eigenvalue weighted by molar-refractivity contribution is 0.445. The van der Waals surface area contributed by atoms with Gasteiger partial charge in [-0.15, -0.1) is 0 Å². The average Bonchev–Trinajstić information content (AvgIpc) is 2.44. The van der Waals surface area contributed by atoms with Gasteiger partial charge >= 0.3 is 0 Å². The van der Waals surface area contributed by atoms with E-state index in [1.165, 1.54) is 0 Å². The van der Waals surface area contributed by atoms with Crippen molar-refractivity contribution in [3.8, 4) is 0 Å². The van der Waals surface area contributed by atoms with E-state index >= 15 is 0 Å². The fourth-order valence-electron chi connectivity index (χ4n) is 2.25. The van der Waals surface area contributed by atoms with Crippen LogP contribution < -0.4 is 10.0 Å². The second-order valence-electron chi connectivity index (χ2n) is 5.69. The number of hydrogen-bond acceptors (Lipinski definition) is 3. The molecule has 0 amide bonds. The molecular formula is C16H28N2O2S. The van der Waals surface area contributed by atoms with Crippen molar-refractivity contribution in [1.29, 1.82) is 0 Å². The van der Waals surface area contributed by atoms with E-state index in [9.17, 15) is 8.42 Å². The van der Waals surface area contributed by atoms with Crippen LogP contribution in [0.4, 0.5) is 5.69 Å². The van der Waals surface area contributed by atoms with Crippen LogP contribution in [0, 0.1) is 5.92 Å². The molecule has 0 bridgehead atoms. The lowest BCUT2D eigenvalue weighted by Crippen LogP contribution is -2.34. The molecule has 0 saturated heterocycles. The third-order valence-corrected chi connectivity index (χ3v) is 5.20. The Morgan fingerprint density at radius 3 is 2.43 bits per heavy atom. The standard InChI is InChI=1S/C16H28N2O2S/c1-5-11-17-15-9-7-8-10-16(15)21(19,20)18-14(4)12-13(3)6-2/h7-10,13-14,17-18H,5-6,11-12H2,1-4H3. The number of sulfonamides is 1. The van der Waals surface area contributed by atoms with Gasteiger partial charge in [0.1, 0.15) is 4.90 Å². The maximum atomic E-state index is 12.5. The summed E-state index contributed by atoms with van der Waals surface area (Å²) in [5, 5.41) is 3.18. The molecular weight excluding hydrogens is 284 g/mol. The molecule has 5 heteroatoms. The van der Waals surface area contributed by atoms with E-state index < -0.39 is 10.0 Å². The fraction of sp³-hybridized carbons (Fsp3) is 0.625. The van der Waals surface area contributed by atoms with Gasteiger partial charge in [0.15, 0.2) is 0 Å². The first-order valence-corrected chi connectivity index (χ1v) is 9.24. The Morgan fingerprint density at radius 1 is 1.14 bits per heavy atom. The first-order chi connectivity index (χ1) is 9.90. The number of nitrogens with one attached hydrogen (secondary N) is 2. The molecule has 2 atom stereocenters. The number of hydrogen-bond donors (Lipinski definition) is 2. The molecule has 0 radical (unpaired) electrons. The molecule has 2 N–H and O–H groups in total. The van der Waals surface area contributed by atoms with Crippen molar-refractivity contribution < 1.29 is 8.42 Å². The summed E-state index contributed by atoms with van der Waals surface area (Å²) in [6, 6.07) is 6.99. The number of rotatable bonds is 9. The third-order valence-electron chi connectivity index (χ3n) is 3.55. The highest BCUT2D eigenvalue weighted by Gasteiger charge is 2.21. The minimum Gasteiger partial charge on any atom is -0.384 e. The number of para-hydroxylation sites is 1. The van der Waals surface area contributed by atoms with Gasteiger partial charge in [0.05, 0.1) is 5.69 Å². The Kier molecular flexibility index (Phi) is 7.18. The van der Waals surface area contributed by atoms with Crippen LogP contribution in [0.15, 0.2) is 29.2 Å². The molecule has 1 rings (SSSR count). The monoisotopic (exact) mass is 312 g/mol. The molecule has 1 aromatic rings. The Morgan fingerprint density at radius 2 is 1.81 bits per heavy atom. The van der Waals surface area contributed by atoms with Crippen molar-refractivity contribution in [2.24, 2.45) is 5.92 Å². The summed E-state index contributed by atoms with van der Waals surface area (Å²) in [5.41, 5.74) is 0.669. The van der Waals surface area contributed by atoms with E-state index in [1.54, 1.807) is 12.1 Å². The lowest BCUT2D eigenvalue weighted by atomic mass is 10.0. The Balaban J connectivity index is 2.87. The number of benzene rings is 1. The molecule has 4 nitrogen and oxygen atoms in total. The highest BCUT2D eigenvalue weighted by Crippen LogP contribution is 2.21. The molecule has 0 aliphatic heterocycles. The molecule has 0 saturated carbocycles. The van der Waals surface area contributed by atoms with E-state index in [2.05, 4.69) is 30.8 Å². The maximum absolute atomic E-state index is 12.5. The van der Waals surface area contributed by atoms with E-state index in [0.29, 0.717) is 16.5 Å². The summed E-state index contributed by atoms with van der Waals surface area (Å²) in [6.45, 7) is 8.99. The molecule has 0 fully saturated rings. The zero-order chi connectivity index (χ0) is 15.9. The summed E-state index contributed by atoms with van der Waals surface area (Å²) in [7, 11) is -3.49. The smallest absolute Gasteiger partial charge is 0.242 e. The van der Waals surface area contributed by atoms with Crippen LogP contribution in [-0.4, -0.2) is 21.0 Å². The van der Waals surface area contributed by atoms with Crippen LogP contribution in [0.3, 0.4) is 0 Å². The maximum Gasteiger partial charge on any atom is 0.242 e. The van der Waals surface area contributed by atoms with Crippen molar-refractivity contribution in [2.75, 3.05) is 11.9 Å². The van der Waals surface area contributed by atoms with Crippen molar-refractivity contribution in [2.45, 2.75) is 57.9 Å². The highest BCUT2D eigenvalue weighted by atomic mass is 32.2. The van der Waals surface area contributed by atoms with Gasteiger partial charge in [-0.2, -0.15) is 0 Å². The minimum absolute atomic E-state index is 0.0656. The molecule has 0 aliphatic carbocycles. The van der Waals surface area contributed by atoms with Gasteiger partial charge in [0.25, 0.3) is 0 Å². The van der Waals surface area contributed by atoms with Crippen molar-refractivity contribution in [3.63, 3.8) is 0 Å². The second-order valence-corrected chi connectivity index (χ2v) is 7.38. The van der Waals surface area contributed by atoms with Crippen molar-refractivity contribution in [1.82, 2.24) is 4.72 Å². The first-order valence-electron chi connectivity index (χ1n) is 7.75. The zero-order valence-corrected chi connectivity index (χ0v) is 14.3. The predicted molar refractivity (Wildman–Crippen MR) is 89.1 cm³/mol.